The molecule has 370 valence electrons. The maximum atomic E-state index is 2.66. The zero-order valence-electron chi connectivity index (χ0n) is 44.9. The zero-order valence-corrected chi connectivity index (χ0v) is 44.9. The van der Waals surface area contributed by atoms with Crippen molar-refractivity contribution in [2.24, 2.45) is 0 Å². The lowest BCUT2D eigenvalue weighted by atomic mass is 9.34. The standard InChI is InChI=1S/C74H56BN3/c1-73(2,3)53-29-33-64-58(41-53)60-35-51(47-23-15-9-16-24-47)37-62-71(60)77(64)68-43-55(76-66-39-49(45-19-11-7-12-20-45)27-31-56(66)57-32-28-50(40-67(57)76)46-21-13-8-14-22-46)44-69-70(68)75(62)63-38-52(48-25-17-10-18-26-48)36-61-59-42-54(74(4,5)6)30-34-65(59)78(69)72(61)63/h7-44H,1-6H3. The second kappa shape index (κ2) is 16.2. The van der Waals surface area contributed by atoms with Gasteiger partial charge in [-0.2, -0.15) is 0 Å². The average molecular weight is 998 g/mol. The number of hydrogen-bond acceptors (Lipinski definition) is 0. The van der Waals surface area contributed by atoms with Crippen LogP contribution in [0.3, 0.4) is 0 Å². The Morgan fingerprint density at radius 3 is 1.05 bits per heavy atom. The molecule has 0 unspecified atom stereocenters. The molecule has 0 saturated carbocycles. The molecule has 5 heterocycles. The maximum Gasteiger partial charge on any atom is 0.252 e. The maximum absolute atomic E-state index is 2.66. The highest BCUT2D eigenvalue weighted by Crippen LogP contribution is 2.45. The lowest BCUT2D eigenvalue weighted by Gasteiger charge is -2.35. The van der Waals surface area contributed by atoms with Crippen molar-refractivity contribution in [1.29, 1.82) is 0 Å². The molecular weight excluding hydrogens is 942 g/mol. The Labute approximate surface area is 455 Å². The van der Waals surface area contributed by atoms with Gasteiger partial charge in [-0.25, -0.2) is 0 Å². The van der Waals surface area contributed by atoms with E-state index in [2.05, 4.69) is 286 Å². The van der Waals surface area contributed by atoms with Crippen molar-refractivity contribution in [3.63, 3.8) is 0 Å². The first-order valence-electron chi connectivity index (χ1n) is 27.7. The van der Waals surface area contributed by atoms with E-state index < -0.39 is 0 Å². The molecule has 0 bridgehead atoms. The highest BCUT2D eigenvalue weighted by Gasteiger charge is 2.42. The Bertz CT molecular complexity index is 4530. The van der Waals surface area contributed by atoms with Crippen LogP contribution in [0, 0.1) is 0 Å². The molecule has 2 aliphatic rings. The Kier molecular flexibility index (Phi) is 9.37. The third kappa shape index (κ3) is 6.53. The lowest BCUT2D eigenvalue weighted by Crippen LogP contribution is -2.59. The number of nitrogens with zero attached hydrogens (tertiary/aromatic N) is 3. The molecule has 78 heavy (non-hydrogen) atoms. The van der Waals surface area contributed by atoms with Crippen LogP contribution in [0.5, 0.6) is 0 Å². The van der Waals surface area contributed by atoms with Gasteiger partial charge in [0.1, 0.15) is 0 Å². The number of fused-ring (bicyclic) bond motifs is 13. The first-order valence-corrected chi connectivity index (χ1v) is 27.7. The van der Waals surface area contributed by atoms with Crippen molar-refractivity contribution in [1.82, 2.24) is 13.7 Å². The molecule has 2 aliphatic heterocycles. The van der Waals surface area contributed by atoms with Crippen LogP contribution in [-0.2, 0) is 10.8 Å². The zero-order chi connectivity index (χ0) is 52.3. The van der Waals surface area contributed by atoms with Gasteiger partial charge in [0.25, 0.3) is 6.71 Å². The van der Waals surface area contributed by atoms with Gasteiger partial charge < -0.3 is 13.7 Å². The van der Waals surface area contributed by atoms with Crippen molar-refractivity contribution in [2.75, 3.05) is 0 Å². The van der Waals surface area contributed by atoms with E-state index in [0.717, 1.165) is 5.69 Å². The van der Waals surface area contributed by atoms with Gasteiger partial charge in [-0.05, 0) is 144 Å². The largest absolute Gasteiger partial charge is 0.310 e. The molecule has 0 spiro atoms. The fourth-order valence-electron chi connectivity index (χ4n) is 13.6. The van der Waals surface area contributed by atoms with E-state index in [1.54, 1.807) is 0 Å². The van der Waals surface area contributed by atoms with Crippen LogP contribution in [0.1, 0.15) is 52.7 Å². The summed E-state index contributed by atoms with van der Waals surface area (Å²) in [5.41, 5.74) is 27.3. The minimum atomic E-state index is -0.0771. The summed E-state index contributed by atoms with van der Waals surface area (Å²) in [7, 11) is 0. The van der Waals surface area contributed by atoms with Gasteiger partial charge in [-0.1, -0.05) is 211 Å². The summed E-state index contributed by atoms with van der Waals surface area (Å²) in [5, 5.41) is 7.62. The fraction of sp³-hybridized carbons (Fsp3) is 0.108. The summed E-state index contributed by atoms with van der Waals surface area (Å²) in [6.07, 6.45) is 0. The van der Waals surface area contributed by atoms with E-state index in [-0.39, 0.29) is 17.5 Å². The third-order valence-corrected chi connectivity index (χ3v) is 17.5. The van der Waals surface area contributed by atoms with E-state index in [4.69, 9.17) is 0 Å². The molecule has 14 aromatic rings. The van der Waals surface area contributed by atoms with Crippen LogP contribution in [0.2, 0.25) is 0 Å². The van der Waals surface area contributed by atoms with Crippen LogP contribution in [0.25, 0.3) is 127 Å². The monoisotopic (exact) mass is 997 g/mol. The van der Waals surface area contributed by atoms with Gasteiger partial charge in [-0.3, -0.25) is 0 Å². The number of aromatic nitrogens is 3. The normalized spacial score (nSPS) is 13.0. The van der Waals surface area contributed by atoms with Crippen LogP contribution in [0.4, 0.5) is 0 Å². The highest BCUT2D eigenvalue weighted by molar-refractivity contribution is 7.00. The molecule has 0 fully saturated rings. The number of rotatable bonds is 5. The topological polar surface area (TPSA) is 14.8 Å². The molecule has 0 amide bonds. The summed E-state index contributed by atoms with van der Waals surface area (Å²) in [6.45, 7) is 14.0. The quantitative estimate of drug-likeness (QED) is 0.153. The molecule has 3 aromatic heterocycles. The Morgan fingerprint density at radius 1 is 0.282 bits per heavy atom. The molecule has 0 aliphatic carbocycles. The van der Waals surface area contributed by atoms with E-state index in [9.17, 15) is 0 Å². The lowest BCUT2D eigenvalue weighted by molar-refractivity contribution is 0.591. The molecule has 0 N–H and O–H groups in total. The molecule has 16 rings (SSSR count). The van der Waals surface area contributed by atoms with Gasteiger partial charge in [0.05, 0.1) is 27.8 Å². The van der Waals surface area contributed by atoms with E-state index in [1.165, 1.54) is 149 Å². The third-order valence-electron chi connectivity index (χ3n) is 17.5. The van der Waals surface area contributed by atoms with Crippen LogP contribution >= 0.6 is 0 Å². The molecule has 11 aromatic carbocycles. The molecule has 4 heteroatoms. The van der Waals surface area contributed by atoms with Gasteiger partial charge in [0, 0.05) is 54.7 Å². The second-order valence-electron chi connectivity index (χ2n) is 24.2. The van der Waals surface area contributed by atoms with Crippen molar-refractivity contribution in [3.8, 4) is 61.6 Å². The van der Waals surface area contributed by atoms with Crippen LogP contribution in [0.15, 0.2) is 231 Å². The van der Waals surface area contributed by atoms with Crippen molar-refractivity contribution in [3.05, 3.63) is 242 Å². The van der Waals surface area contributed by atoms with Crippen molar-refractivity contribution < 1.29 is 0 Å². The summed E-state index contributed by atoms with van der Waals surface area (Å²) in [5.74, 6) is 0. The smallest absolute Gasteiger partial charge is 0.252 e. The Balaban J connectivity index is 1.11. The Hall–Kier alpha value is -9.12. The SMILES string of the molecule is CC(C)(C)c1ccc2c(c1)c1cc(-c3ccccc3)cc3c1n2-c1cc(-n2c4cc(-c5ccccc5)ccc4c4ccc(-c5ccccc5)cc42)cc2c1B3c1cc(-c3ccccc3)cc3c4cc(C(C)(C)C)ccc4n-2c13. The van der Waals surface area contributed by atoms with Crippen molar-refractivity contribution >= 4 is 88.5 Å². The summed E-state index contributed by atoms with van der Waals surface area (Å²) in [4.78, 5) is 0. The Morgan fingerprint density at radius 2 is 0.667 bits per heavy atom. The van der Waals surface area contributed by atoms with Gasteiger partial charge in [0.15, 0.2) is 0 Å². The highest BCUT2D eigenvalue weighted by atomic mass is 15.1. The van der Waals surface area contributed by atoms with Gasteiger partial charge in [-0.15, -0.1) is 0 Å². The average Bonchev–Trinajstić information content (AvgIpc) is 2.45. The molecule has 0 atom stereocenters. The van der Waals surface area contributed by atoms with E-state index in [1.807, 2.05) is 0 Å². The van der Waals surface area contributed by atoms with Crippen LogP contribution in [-0.4, -0.2) is 20.4 Å². The predicted molar refractivity (Wildman–Crippen MR) is 333 cm³/mol. The molecule has 0 saturated heterocycles. The van der Waals surface area contributed by atoms with Gasteiger partial charge >= 0.3 is 0 Å². The summed E-state index contributed by atoms with van der Waals surface area (Å²) >= 11 is 0. The predicted octanol–water partition coefficient (Wildman–Crippen LogP) is 17.4. The van der Waals surface area contributed by atoms with Crippen LogP contribution < -0.4 is 16.4 Å². The summed E-state index contributed by atoms with van der Waals surface area (Å²) < 4.78 is 7.90. The molecule has 0 radical (unpaired) electrons. The fourth-order valence-corrected chi connectivity index (χ4v) is 13.6. The second-order valence-corrected chi connectivity index (χ2v) is 24.2. The van der Waals surface area contributed by atoms with E-state index >= 15 is 0 Å². The molecule has 3 nitrogen and oxygen atoms in total. The molecular formula is C74H56BN3. The van der Waals surface area contributed by atoms with Gasteiger partial charge in [0.2, 0.25) is 0 Å². The minimum Gasteiger partial charge on any atom is -0.310 e. The van der Waals surface area contributed by atoms with Crippen molar-refractivity contribution in [2.45, 2.75) is 52.4 Å². The summed E-state index contributed by atoms with van der Waals surface area (Å²) in [6, 6.07) is 87.7. The minimum absolute atomic E-state index is 0.0406. The number of hydrogen-bond donors (Lipinski definition) is 0. The van der Waals surface area contributed by atoms with E-state index in [0.29, 0.717) is 0 Å². The first-order chi connectivity index (χ1) is 37.9. The number of benzene rings is 11. The first kappa shape index (κ1) is 45.1.